The van der Waals surface area contributed by atoms with Crippen LogP contribution in [0, 0.1) is 13.8 Å². The molecule has 0 amide bonds. The van der Waals surface area contributed by atoms with Gasteiger partial charge in [0, 0.05) is 35.8 Å². The van der Waals surface area contributed by atoms with E-state index in [0.717, 1.165) is 11.9 Å². The first-order chi connectivity index (χ1) is 11.1. The fraction of sp³-hybridized carbons (Fsp3) is 0.500. The second kappa shape index (κ2) is 18.6. The van der Waals surface area contributed by atoms with Crippen molar-refractivity contribution in [2.24, 2.45) is 0 Å². The van der Waals surface area contributed by atoms with Gasteiger partial charge >= 0.3 is 0 Å². The lowest BCUT2D eigenvalue weighted by molar-refractivity contribution is -0.697. The van der Waals surface area contributed by atoms with Crippen LogP contribution in [0.4, 0.5) is 0 Å². The molecule has 0 aliphatic carbocycles. The molecule has 0 bridgehead atoms. The molecule has 24 heavy (non-hydrogen) atoms. The molecule has 0 aliphatic rings. The van der Waals surface area contributed by atoms with E-state index in [0.29, 0.717) is 0 Å². The molecule has 2 heterocycles. The summed E-state index contributed by atoms with van der Waals surface area (Å²) in [4.78, 5) is 3.88. The van der Waals surface area contributed by atoms with Crippen LogP contribution in [0.25, 0.3) is 0 Å². The number of aromatic nitrogens is 2. The second-order valence-corrected chi connectivity index (χ2v) is 6.34. The molecule has 0 fully saturated rings. The van der Waals surface area contributed by atoms with Crippen LogP contribution >= 0.6 is 15.9 Å². The van der Waals surface area contributed by atoms with Gasteiger partial charge in [-0.15, -0.1) is 0 Å². The van der Waals surface area contributed by atoms with E-state index in [1.54, 1.807) is 6.20 Å². The molecule has 2 aromatic rings. The van der Waals surface area contributed by atoms with E-state index in [1.165, 1.54) is 36.8 Å². The molecule has 2 rings (SSSR count). The fourth-order valence-corrected chi connectivity index (χ4v) is 2.28. The molecular weight excluding hydrogens is 428 g/mol. The highest BCUT2D eigenvalue weighted by molar-refractivity contribution is 9.09. The van der Waals surface area contributed by atoms with Gasteiger partial charge < -0.3 is 17.0 Å². The molecule has 0 N–H and O–H groups in total. The van der Waals surface area contributed by atoms with Crippen LogP contribution in [0.5, 0.6) is 0 Å². The molecule has 0 atom stereocenters. The largest absolute Gasteiger partial charge is 1.00 e. The first kappa shape index (κ1) is 25.5. The van der Waals surface area contributed by atoms with Gasteiger partial charge in [-0.3, -0.25) is 4.98 Å². The summed E-state index contributed by atoms with van der Waals surface area (Å²) in [5, 5.41) is 1.16. The Kier molecular flexibility index (Phi) is 19.8. The maximum atomic E-state index is 3.88. The molecule has 0 saturated heterocycles. The third kappa shape index (κ3) is 16.1. The number of hydrogen-bond donors (Lipinski definition) is 0. The third-order valence-corrected chi connectivity index (χ3v) is 3.63. The Balaban J connectivity index is 0. The lowest BCUT2D eigenvalue weighted by atomic mass is 10.3. The summed E-state index contributed by atoms with van der Waals surface area (Å²) in [6.07, 6.45) is 13.1. The summed E-state index contributed by atoms with van der Waals surface area (Å²) >= 11 is 3.31. The van der Waals surface area contributed by atoms with Crippen molar-refractivity contribution >= 4 is 15.9 Å². The van der Waals surface area contributed by atoms with Crippen molar-refractivity contribution < 1.29 is 21.5 Å². The van der Waals surface area contributed by atoms with Crippen molar-refractivity contribution in [3.05, 3.63) is 60.2 Å². The summed E-state index contributed by atoms with van der Waals surface area (Å²) in [6.45, 7) is 9.70. The molecule has 2 nitrogen and oxygen atoms in total. The zero-order chi connectivity index (χ0) is 17.3. The standard InChI is InChI=1S/C10H16N.C6H7N.C4H9Br.BrH/c1-3-4-7-11-8-5-6-10(2)9-11;1-6-3-2-4-7-5-6;1-2-3-4-5;/h5-6,8-9H,3-4,7H2,1-2H3;2-5H,1H3;2-4H2,1H3;1H/q+1;;;/p-1. The molecule has 0 saturated carbocycles. The minimum Gasteiger partial charge on any atom is -1.00 e. The highest BCUT2D eigenvalue weighted by atomic mass is 79.9. The summed E-state index contributed by atoms with van der Waals surface area (Å²) in [6, 6.07) is 8.18. The number of hydrogen-bond acceptors (Lipinski definition) is 1. The molecule has 4 heteroatoms. The Hall–Kier alpha value is -0.740. The molecule has 0 aliphatic heterocycles. The molecular formula is C20H32Br2N2. The van der Waals surface area contributed by atoms with E-state index in [9.17, 15) is 0 Å². The Morgan fingerprint density at radius 2 is 1.67 bits per heavy atom. The third-order valence-electron chi connectivity index (χ3n) is 3.07. The van der Waals surface area contributed by atoms with Crippen molar-refractivity contribution in [1.82, 2.24) is 4.98 Å². The molecule has 0 unspecified atom stereocenters. The molecule has 136 valence electrons. The summed E-state index contributed by atoms with van der Waals surface area (Å²) < 4.78 is 2.25. The summed E-state index contributed by atoms with van der Waals surface area (Å²) in [7, 11) is 0. The smallest absolute Gasteiger partial charge is 0.171 e. The van der Waals surface area contributed by atoms with Gasteiger partial charge in [-0.25, -0.2) is 4.57 Å². The number of unbranched alkanes of at least 4 members (excludes halogenated alkanes) is 2. The van der Waals surface area contributed by atoms with Crippen molar-refractivity contribution in [2.45, 2.75) is 59.9 Å². The van der Waals surface area contributed by atoms with Crippen LogP contribution in [-0.4, -0.2) is 10.3 Å². The maximum Gasteiger partial charge on any atom is 0.171 e. The van der Waals surface area contributed by atoms with Crippen LogP contribution < -0.4 is 21.5 Å². The second-order valence-electron chi connectivity index (χ2n) is 5.55. The number of aryl methyl sites for hydroxylation is 3. The van der Waals surface area contributed by atoms with E-state index < -0.39 is 0 Å². The van der Waals surface area contributed by atoms with E-state index in [4.69, 9.17) is 0 Å². The number of pyridine rings is 2. The normalized spacial score (nSPS) is 8.88. The number of alkyl halides is 1. The van der Waals surface area contributed by atoms with E-state index in [2.05, 4.69) is 70.8 Å². The van der Waals surface area contributed by atoms with Gasteiger partial charge in [0.2, 0.25) is 0 Å². The van der Waals surface area contributed by atoms with Gasteiger partial charge in [-0.05, 0) is 38.0 Å². The van der Waals surface area contributed by atoms with E-state index in [-0.39, 0.29) is 17.0 Å². The van der Waals surface area contributed by atoms with Crippen molar-refractivity contribution in [3.8, 4) is 0 Å². The van der Waals surface area contributed by atoms with Crippen LogP contribution in [0.2, 0.25) is 0 Å². The van der Waals surface area contributed by atoms with Crippen LogP contribution in [0.3, 0.4) is 0 Å². The Bertz CT molecular complexity index is 488. The highest BCUT2D eigenvalue weighted by Crippen LogP contribution is 1.91. The molecule has 0 radical (unpaired) electrons. The average molecular weight is 460 g/mol. The summed E-state index contributed by atoms with van der Waals surface area (Å²) in [5.41, 5.74) is 2.55. The lowest BCUT2D eigenvalue weighted by Crippen LogP contribution is -3.00. The number of halogens is 2. The number of nitrogens with zero attached hydrogens (tertiary/aromatic N) is 2. The van der Waals surface area contributed by atoms with Gasteiger partial charge in [0.25, 0.3) is 0 Å². The van der Waals surface area contributed by atoms with Gasteiger partial charge in [-0.2, -0.15) is 0 Å². The molecule has 0 spiro atoms. The minimum absolute atomic E-state index is 0. The first-order valence-corrected chi connectivity index (χ1v) is 9.64. The average Bonchev–Trinajstić information content (AvgIpc) is 2.56. The van der Waals surface area contributed by atoms with Gasteiger partial charge in [0.1, 0.15) is 6.54 Å². The Labute approximate surface area is 167 Å². The topological polar surface area (TPSA) is 16.8 Å². The van der Waals surface area contributed by atoms with Crippen LogP contribution in [0.15, 0.2) is 49.1 Å². The SMILES string of the molecule is CCCCBr.CCCC[n+]1cccc(C)c1.Cc1cccnc1.[Br-]. The zero-order valence-corrected chi connectivity index (χ0v) is 18.7. The van der Waals surface area contributed by atoms with E-state index >= 15 is 0 Å². The van der Waals surface area contributed by atoms with Gasteiger partial charge in [0.15, 0.2) is 12.4 Å². The lowest BCUT2D eigenvalue weighted by Gasteiger charge is -1.94. The predicted octanol–water partition coefficient (Wildman–Crippen LogP) is 2.66. The quantitative estimate of drug-likeness (QED) is 0.496. The monoisotopic (exact) mass is 458 g/mol. The van der Waals surface area contributed by atoms with Crippen LogP contribution in [-0.2, 0) is 6.54 Å². The van der Waals surface area contributed by atoms with Crippen LogP contribution in [0.1, 0.15) is 50.7 Å². The van der Waals surface area contributed by atoms with E-state index in [1.807, 2.05) is 25.3 Å². The molecule has 0 aromatic carbocycles. The first-order valence-electron chi connectivity index (χ1n) is 8.52. The minimum atomic E-state index is 0. The fourth-order valence-electron chi connectivity index (χ4n) is 1.71. The maximum absolute atomic E-state index is 3.88. The highest BCUT2D eigenvalue weighted by Gasteiger charge is 1.97. The molecule has 2 aromatic heterocycles. The zero-order valence-electron chi connectivity index (χ0n) is 15.5. The van der Waals surface area contributed by atoms with Crippen molar-refractivity contribution in [3.63, 3.8) is 0 Å². The Morgan fingerprint density at radius 1 is 1.00 bits per heavy atom. The van der Waals surface area contributed by atoms with Crippen molar-refractivity contribution in [2.75, 3.05) is 5.33 Å². The number of rotatable bonds is 5. The Morgan fingerprint density at radius 3 is 2.04 bits per heavy atom. The van der Waals surface area contributed by atoms with Gasteiger partial charge in [-0.1, -0.05) is 48.7 Å². The summed E-state index contributed by atoms with van der Waals surface area (Å²) in [5.74, 6) is 0. The van der Waals surface area contributed by atoms with Gasteiger partial charge in [0.05, 0.1) is 0 Å². The van der Waals surface area contributed by atoms with Crippen molar-refractivity contribution in [1.29, 1.82) is 0 Å². The predicted molar refractivity (Wildman–Crippen MR) is 104 cm³/mol.